The highest BCUT2D eigenvalue weighted by Crippen LogP contribution is 2.26. The van der Waals surface area contributed by atoms with Crippen LogP contribution in [0.1, 0.15) is 36.5 Å². The smallest absolute Gasteiger partial charge is 0.163 e. The summed E-state index contributed by atoms with van der Waals surface area (Å²) in [4.78, 5) is 16.4. The Morgan fingerprint density at radius 3 is 2.79 bits per heavy atom. The van der Waals surface area contributed by atoms with Gasteiger partial charge in [-0.25, -0.2) is 0 Å². The molecule has 0 amide bonds. The number of hydrogen-bond donors (Lipinski definition) is 0. The first kappa shape index (κ1) is 13.9. The predicted octanol–water partition coefficient (Wildman–Crippen LogP) is 4.88. The Hall–Kier alpha value is -1.48. The molecule has 19 heavy (non-hydrogen) atoms. The van der Waals surface area contributed by atoms with Crippen LogP contribution in [0.2, 0.25) is 0 Å². The summed E-state index contributed by atoms with van der Waals surface area (Å²) in [5.74, 6) is 0.206. The molecule has 0 aliphatic rings. The van der Waals surface area contributed by atoms with Gasteiger partial charge < -0.3 is 0 Å². The van der Waals surface area contributed by atoms with E-state index in [9.17, 15) is 4.79 Å². The summed E-state index contributed by atoms with van der Waals surface area (Å²) in [5, 5.41) is 0. The van der Waals surface area contributed by atoms with Crippen molar-refractivity contribution < 1.29 is 4.79 Å². The Morgan fingerprint density at radius 2 is 2.05 bits per heavy atom. The second-order valence-electron chi connectivity index (χ2n) is 4.46. The Morgan fingerprint density at radius 1 is 1.26 bits per heavy atom. The third-order valence-corrected chi connectivity index (χ3v) is 3.43. The fourth-order valence-electron chi connectivity index (χ4n) is 2.01. The molecule has 0 fully saturated rings. The zero-order valence-corrected chi connectivity index (χ0v) is 12.5. The van der Waals surface area contributed by atoms with Crippen LogP contribution >= 0.6 is 15.9 Å². The number of Topliss-reactive ketones (excluding diaryl/α,β-unsaturated/α-hetero) is 1. The van der Waals surface area contributed by atoms with Gasteiger partial charge in [-0.1, -0.05) is 37.6 Å². The van der Waals surface area contributed by atoms with E-state index in [1.165, 1.54) is 0 Å². The molecular weight excluding hydrogens is 302 g/mol. The van der Waals surface area contributed by atoms with Gasteiger partial charge in [-0.2, -0.15) is 0 Å². The zero-order chi connectivity index (χ0) is 13.7. The van der Waals surface area contributed by atoms with E-state index in [-0.39, 0.29) is 5.78 Å². The minimum atomic E-state index is 0.206. The number of nitrogens with zero attached hydrogens (tertiary/aromatic N) is 1. The van der Waals surface area contributed by atoms with E-state index in [0.717, 1.165) is 34.0 Å². The molecule has 0 radical (unpaired) electrons. The third-order valence-electron chi connectivity index (χ3n) is 3.00. The molecule has 1 aromatic carbocycles. The molecule has 2 aromatic rings. The number of ketones is 1. The van der Waals surface area contributed by atoms with Crippen molar-refractivity contribution in [1.29, 1.82) is 0 Å². The van der Waals surface area contributed by atoms with Crippen molar-refractivity contribution >= 4 is 21.7 Å². The number of carbonyl (C=O) groups excluding carboxylic acids is 1. The predicted molar refractivity (Wildman–Crippen MR) is 81.2 cm³/mol. The highest BCUT2D eigenvalue weighted by molar-refractivity contribution is 9.10. The molecular formula is C16H16BrNO. The zero-order valence-electron chi connectivity index (χ0n) is 10.9. The molecule has 0 aliphatic heterocycles. The van der Waals surface area contributed by atoms with Gasteiger partial charge in [0, 0.05) is 34.4 Å². The normalized spacial score (nSPS) is 10.4. The maximum absolute atomic E-state index is 12.3. The van der Waals surface area contributed by atoms with Crippen molar-refractivity contribution in [3.8, 4) is 11.1 Å². The molecule has 2 rings (SSSR count). The second-order valence-corrected chi connectivity index (χ2v) is 5.38. The summed E-state index contributed by atoms with van der Waals surface area (Å²) in [6.07, 6.45) is 6.10. The molecule has 98 valence electrons. The number of rotatable bonds is 5. The Kier molecular flexibility index (Phi) is 4.86. The summed E-state index contributed by atoms with van der Waals surface area (Å²) in [5.41, 5.74) is 2.71. The molecule has 1 aromatic heterocycles. The van der Waals surface area contributed by atoms with E-state index in [1.54, 1.807) is 12.4 Å². The first-order valence-corrected chi connectivity index (χ1v) is 7.25. The minimum absolute atomic E-state index is 0.206. The van der Waals surface area contributed by atoms with Crippen molar-refractivity contribution in [2.45, 2.75) is 26.2 Å². The van der Waals surface area contributed by atoms with Gasteiger partial charge in [0.25, 0.3) is 0 Å². The molecule has 0 N–H and O–H groups in total. The van der Waals surface area contributed by atoms with Gasteiger partial charge in [0.2, 0.25) is 0 Å². The number of hydrogen-bond acceptors (Lipinski definition) is 2. The summed E-state index contributed by atoms with van der Waals surface area (Å²) in [6.45, 7) is 2.09. The van der Waals surface area contributed by atoms with Crippen molar-refractivity contribution in [3.63, 3.8) is 0 Å². The highest BCUT2D eigenvalue weighted by Gasteiger charge is 2.12. The SMILES string of the molecule is CCCCC(=O)c1ccccc1-c1cncc(Br)c1. The van der Waals surface area contributed by atoms with Gasteiger partial charge >= 0.3 is 0 Å². The molecule has 0 saturated carbocycles. The quantitative estimate of drug-likeness (QED) is 0.735. The molecule has 0 spiro atoms. The molecule has 0 aliphatic carbocycles. The summed E-state index contributed by atoms with van der Waals surface area (Å²) >= 11 is 3.42. The van der Waals surface area contributed by atoms with E-state index in [2.05, 4.69) is 27.8 Å². The largest absolute Gasteiger partial charge is 0.294 e. The fraction of sp³-hybridized carbons (Fsp3) is 0.250. The van der Waals surface area contributed by atoms with Crippen LogP contribution in [0.5, 0.6) is 0 Å². The maximum atomic E-state index is 12.3. The van der Waals surface area contributed by atoms with Gasteiger partial charge in [0.05, 0.1) is 0 Å². The second kappa shape index (κ2) is 6.62. The van der Waals surface area contributed by atoms with Crippen LogP contribution in [0, 0.1) is 0 Å². The molecule has 3 heteroatoms. The average Bonchev–Trinajstić information content (AvgIpc) is 2.45. The van der Waals surface area contributed by atoms with E-state index in [4.69, 9.17) is 0 Å². The lowest BCUT2D eigenvalue weighted by Gasteiger charge is -2.08. The Bertz CT molecular complexity index is 580. The maximum Gasteiger partial charge on any atom is 0.163 e. The number of halogens is 1. The molecule has 0 atom stereocenters. The van der Waals surface area contributed by atoms with Crippen molar-refractivity contribution in [1.82, 2.24) is 4.98 Å². The van der Waals surface area contributed by atoms with Crippen molar-refractivity contribution in [2.24, 2.45) is 0 Å². The van der Waals surface area contributed by atoms with E-state index in [1.807, 2.05) is 30.3 Å². The summed E-state index contributed by atoms with van der Waals surface area (Å²) in [7, 11) is 0. The number of unbranched alkanes of at least 4 members (excludes halogenated alkanes) is 1. The lowest BCUT2D eigenvalue weighted by atomic mass is 9.96. The van der Waals surface area contributed by atoms with Crippen molar-refractivity contribution in [3.05, 3.63) is 52.8 Å². The Balaban J connectivity index is 2.38. The van der Waals surface area contributed by atoms with Gasteiger partial charge in [-0.15, -0.1) is 0 Å². The van der Waals surface area contributed by atoms with Crippen LogP contribution in [0.3, 0.4) is 0 Å². The average molecular weight is 318 g/mol. The van der Waals surface area contributed by atoms with Crippen molar-refractivity contribution in [2.75, 3.05) is 0 Å². The number of aromatic nitrogens is 1. The number of carbonyl (C=O) groups is 1. The first-order chi connectivity index (χ1) is 9.22. The van der Waals surface area contributed by atoms with E-state index >= 15 is 0 Å². The molecule has 2 nitrogen and oxygen atoms in total. The van der Waals surface area contributed by atoms with Gasteiger partial charge in [-0.3, -0.25) is 9.78 Å². The third kappa shape index (κ3) is 3.51. The standard InChI is InChI=1S/C16H16BrNO/c1-2-3-8-16(19)15-7-5-4-6-14(15)12-9-13(17)11-18-10-12/h4-7,9-11H,2-3,8H2,1H3. The van der Waals surface area contributed by atoms with Gasteiger partial charge in [0.1, 0.15) is 0 Å². The van der Waals surface area contributed by atoms with Gasteiger partial charge in [0.15, 0.2) is 5.78 Å². The molecule has 0 saturated heterocycles. The fourth-order valence-corrected chi connectivity index (χ4v) is 2.37. The lowest BCUT2D eigenvalue weighted by molar-refractivity contribution is 0.0980. The van der Waals surface area contributed by atoms with E-state index in [0.29, 0.717) is 6.42 Å². The van der Waals surface area contributed by atoms with Gasteiger partial charge in [-0.05, 0) is 34.0 Å². The monoisotopic (exact) mass is 317 g/mol. The minimum Gasteiger partial charge on any atom is -0.294 e. The van der Waals surface area contributed by atoms with Crippen LogP contribution in [0.25, 0.3) is 11.1 Å². The van der Waals surface area contributed by atoms with E-state index < -0.39 is 0 Å². The van der Waals surface area contributed by atoms with Crippen LogP contribution in [0.4, 0.5) is 0 Å². The molecule has 0 bridgehead atoms. The van der Waals surface area contributed by atoms with Crippen LogP contribution in [-0.4, -0.2) is 10.8 Å². The Labute approximate surface area is 122 Å². The summed E-state index contributed by atoms with van der Waals surface area (Å²) < 4.78 is 0.917. The lowest BCUT2D eigenvalue weighted by Crippen LogP contribution is -2.01. The van der Waals surface area contributed by atoms with Crippen LogP contribution in [0.15, 0.2) is 47.2 Å². The number of benzene rings is 1. The van der Waals surface area contributed by atoms with Crippen LogP contribution < -0.4 is 0 Å². The number of pyridine rings is 1. The topological polar surface area (TPSA) is 30.0 Å². The molecule has 0 unspecified atom stereocenters. The highest BCUT2D eigenvalue weighted by atomic mass is 79.9. The molecule has 1 heterocycles. The summed E-state index contributed by atoms with van der Waals surface area (Å²) in [6, 6.07) is 9.72. The van der Waals surface area contributed by atoms with Crippen LogP contribution in [-0.2, 0) is 0 Å². The first-order valence-electron chi connectivity index (χ1n) is 6.45.